The highest BCUT2D eigenvalue weighted by Gasteiger charge is 2.25. The van der Waals surface area contributed by atoms with Gasteiger partial charge < -0.3 is 10.4 Å². The lowest BCUT2D eigenvalue weighted by molar-refractivity contribution is -0.133. The summed E-state index contributed by atoms with van der Waals surface area (Å²) in [6.07, 6.45) is -4.47. The van der Waals surface area contributed by atoms with Crippen LogP contribution in [0.4, 0.5) is 13.2 Å². The van der Waals surface area contributed by atoms with Gasteiger partial charge in [-0.2, -0.15) is 13.2 Å². The molecule has 13 heavy (non-hydrogen) atoms. The SMILES string of the molecule is CC(C)(O)CCNCCC(F)(F)F. The van der Waals surface area contributed by atoms with Crippen LogP contribution in [0.15, 0.2) is 0 Å². The van der Waals surface area contributed by atoms with Gasteiger partial charge >= 0.3 is 6.18 Å². The molecule has 0 aliphatic rings. The molecular weight excluding hydrogens is 183 g/mol. The number of nitrogens with one attached hydrogen (secondary N) is 1. The van der Waals surface area contributed by atoms with Gasteiger partial charge in [0.2, 0.25) is 0 Å². The standard InChI is InChI=1S/C8H16F3NO/c1-7(2,13)3-5-12-6-4-8(9,10)11/h12-13H,3-6H2,1-2H3. The molecule has 0 radical (unpaired) electrons. The van der Waals surface area contributed by atoms with E-state index in [1.165, 1.54) is 0 Å². The van der Waals surface area contributed by atoms with Crippen LogP contribution in [0.2, 0.25) is 0 Å². The summed E-state index contributed by atoms with van der Waals surface area (Å²) in [5, 5.41) is 11.8. The first-order chi connectivity index (χ1) is 5.71. The maximum atomic E-state index is 11.6. The van der Waals surface area contributed by atoms with Crippen LogP contribution in [-0.4, -0.2) is 30.0 Å². The fraction of sp³-hybridized carbons (Fsp3) is 1.00. The van der Waals surface area contributed by atoms with Crippen molar-refractivity contribution in [1.82, 2.24) is 5.32 Å². The molecule has 0 bridgehead atoms. The second-order valence-electron chi connectivity index (χ2n) is 3.68. The van der Waals surface area contributed by atoms with E-state index in [2.05, 4.69) is 5.32 Å². The topological polar surface area (TPSA) is 32.3 Å². The Morgan fingerprint density at radius 3 is 1.92 bits per heavy atom. The lowest BCUT2D eigenvalue weighted by Crippen LogP contribution is -2.28. The average Bonchev–Trinajstić information content (AvgIpc) is 1.81. The Morgan fingerprint density at radius 1 is 1.08 bits per heavy atom. The Balaban J connectivity index is 3.28. The predicted molar refractivity (Wildman–Crippen MR) is 44.5 cm³/mol. The molecule has 0 amide bonds. The molecule has 0 spiro atoms. The van der Waals surface area contributed by atoms with Crippen molar-refractivity contribution >= 4 is 0 Å². The van der Waals surface area contributed by atoms with E-state index in [1.54, 1.807) is 13.8 Å². The maximum Gasteiger partial charge on any atom is 0.390 e. The third kappa shape index (κ3) is 11.7. The summed E-state index contributed by atoms with van der Waals surface area (Å²) in [5.41, 5.74) is -0.814. The van der Waals surface area contributed by atoms with Gasteiger partial charge in [0.1, 0.15) is 0 Å². The number of alkyl halides is 3. The quantitative estimate of drug-likeness (QED) is 0.660. The second kappa shape index (κ2) is 4.81. The zero-order valence-electron chi connectivity index (χ0n) is 7.91. The van der Waals surface area contributed by atoms with Crippen LogP contribution in [0.25, 0.3) is 0 Å². The third-order valence-corrected chi connectivity index (χ3v) is 1.50. The minimum Gasteiger partial charge on any atom is -0.390 e. The Hall–Kier alpha value is -0.290. The van der Waals surface area contributed by atoms with Crippen molar-refractivity contribution in [2.24, 2.45) is 0 Å². The van der Waals surface area contributed by atoms with Crippen LogP contribution in [0.1, 0.15) is 26.7 Å². The molecule has 0 saturated carbocycles. The Kier molecular flexibility index (Phi) is 4.70. The molecule has 0 aliphatic carbocycles. The zero-order valence-corrected chi connectivity index (χ0v) is 7.91. The Bertz CT molecular complexity index is 123. The number of hydrogen-bond donors (Lipinski definition) is 2. The van der Waals surface area contributed by atoms with Gasteiger partial charge in [-0.05, 0) is 26.8 Å². The normalized spacial score (nSPS) is 13.4. The molecule has 80 valence electrons. The molecule has 2 nitrogen and oxygen atoms in total. The number of halogens is 3. The van der Waals surface area contributed by atoms with Crippen LogP contribution in [0, 0.1) is 0 Å². The molecule has 5 heteroatoms. The van der Waals surface area contributed by atoms with Gasteiger partial charge in [0, 0.05) is 6.54 Å². The predicted octanol–water partition coefficient (Wildman–Crippen LogP) is 1.69. The summed E-state index contributed by atoms with van der Waals surface area (Å²) in [4.78, 5) is 0. The molecule has 0 saturated heterocycles. The molecule has 0 unspecified atom stereocenters. The maximum absolute atomic E-state index is 11.6. The fourth-order valence-corrected chi connectivity index (χ4v) is 0.749. The van der Waals surface area contributed by atoms with Crippen molar-refractivity contribution in [2.75, 3.05) is 13.1 Å². The Labute approximate surface area is 76.1 Å². The number of aliphatic hydroxyl groups is 1. The van der Waals surface area contributed by atoms with Gasteiger partial charge in [-0.3, -0.25) is 0 Å². The van der Waals surface area contributed by atoms with Crippen molar-refractivity contribution in [1.29, 1.82) is 0 Å². The van der Waals surface area contributed by atoms with E-state index >= 15 is 0 Å². The lowest BCUT2D eigenvalue weighted by Gasteiger charge is -2.17. The fourth-order valence-electron chi connectivity index (χ4n) is 0.749. The van der Waals surface area contributed by atoms with Crippen molar-refractivity contribution in [2.45, 2.75) is 38.5 Å². The summed E-state index contributed by atoms with van der Waals surface area (Å²) >= 11 is 0. The molecule has 0 aromatic heterocycles. The minimum absolute atomic E-state index is 0.0837. The van der Waals surface area contributed by atoms with Crippen molar-refractivity contribution in [3.8, 4) is 0 Å². The summed E-state index contributed by atoms with van der Waals surface area (Å²) in [7, 11) is 0. The largest absolute Gasteiger partial charge is 0.390 e. The summed E-state index contributed by atoms with van der Waals surface area (Å²) in [5.74, 6) is 0. The van der Waals surface area contributed by atoms with Gasteiger partial charge in [0.25, 0.3) is 0 Å². The molecule has 0 aliphatic heterocycles. The van der Waals surface area contributed by atoms with Crippen LogP contribution >= 0.6 is 0 Å². The molecular formula is C8H16F3NO. The smallest absolute Gasteiger partial charge is 0.390 e. The van der Waals surface area contributed by atoms with E-state index in [0.29, 0.717) is 13.0 Å². The van der Waals surface area contributed by atoms with E-state index < -0.39 is 18.2 Å². The first-order valence-electron chi connectivity index (χ1n) is 4.20. The molecule has 0 aromatic carbocycles. The minimum atomic E-state index is -4.10. The van der Waals surface area contributed by atoms with Gasteiger partial charge in [0.05, 0.1) is 12.0 Å². The van der Waals surface area contributed by atoms with Crippen molar-refractivity contribution < 1.29 is 18.3 Å². The van der Waals surface area contributed by atoms with Gasteiger partial charge in [-0.25, -0.2) is 0 Å². The summed E-state index contributed by atoms with van der Waals surface area (Å²) in [6, 6.07) is 0. The van der Waals surface area contributed by atoms with E-state index in [4.69, 9.17) is 0 Å². The zero-order chi connectivity index (χ0) is 10.5. The molecule has 0 fully saturated rings. The molecule has 2 N–H and O–H groups in total. The van der Waals surface area contributed by atoms with E-state index in [1.807, 2.05) is 0 Å². The second-order valence-corrected chi connectivity index (χ2v) is 3.68. The molecule has 0 aromatic rings. The number of rotatable bonds is 5. The molecule has 0 atom stereocenters. The summed E-state index contributed by atoms with van der Waals surface area (Å²) in [6.45, 7) is 3.57. The molecule has 0 rings (SSSR count). The molecule has 0 heterocycles. The van der Waals surface area contributed by atoms with E-state index in [-0.39, 0.29) is 6.54 Å². The van der Waals surface area contributed by atoms with Crippen molar-refractivity contribution in [3.63, 3.8) is 0 Å². The average molecular weight is 199 g/mol. The van der Waals surface area contributed by atoms with Gasteiger partial charge in [0.15, 0.2) is 0 Å². The van der Waals surface area contributed by atoms with E-state index in [0.717, 1.165) is 0 Å². The van der Waals surface area contributed by atoms with E-state index in [9.17, 15) is 18.3 Å². The highest BCUT2D eigenvalue weighted by molar-refractivity contribution is 4.66. The van der Waals surface area contributed by atoms with Gasteiger partial charge in [-0.15, -0.1) is 0 Å². The lowest BCUT2D eigenvalue weighted by atomic mass is 10.1. The number of hydrogen-bond acceptors (Lipinski definition) is 2. The van der Waals surface area contributed by atoms with Crippen LogP contribution in [0.5, 0.6) is 0 Å². The monoisotopic (exact) mass is 199 g/mol. The summed E-state index contributed by atoms with van der Waals surface area (Å²) < 4.78 is 34.9. The van der Waals surface area contributed by atoms with Crippen LogP contribution in [-0.2, 0) is 0 Å². The highest BCUT2D eigenvalue weighted by Crippen LogP contribution is 2.18. The van der Waals surface area contributed by atoms with Crippen LogP contribution in [0.3, 0.4) is 0 Å². The van der Waals surface area contributed by atoms with Crippen molar-refractivity contribution in [3.05, 3.63) is 0 Å². The first kappa shape index (κ1) is 12.7. The Morgan fingerprint density at radius 2 is 1.54 bits per heavy atom. The third-order valence-electron chi connectivity index (χ3n) is 1.50. The van der Waals surface area contributed by atoms with Gasteiger partial charge in [-0.1, -0.05) is 0 Å². The van der Waals surface area contributed by atoms with Crippen LogP contribution < -0.4 is 5.32 Å². The first-order valence-corrected chi connectivity index (χ1v) is 4.20. The highest BCUT2D eigenvalue weighted by atomic mass is 19.4.